The highest BCUT2D eigenvalue weighted by atomic mass is 16.5. The molecule has 0 aliphatic rings. The Morgan fingerprint density at radius 2 is 2.40 bits per heavy atom. The van der Waals surface area contributed by atoms with Crippen molar-refractivity contribution in [3.05, 3.63) is 33.7 Å². The molecule has 0 unspecified atom stereocenters. The van der Waals surface area contributed by atoms with Gasteiger partial charge in [0.1, 0.15) is 11.6 Å². The van der Waals surface area contributed by atoms with Crippen LogP contribution in [0.25, 0.3) is 0 Å². The predicted octanol–water partition coefficient (Wildman–Crippen LogP) is 0.833. The van der Waals surface area contributed by atoms with Crippen molar-refractivity contribution in [2.24, 2.45) is 0 Å². The van der Waals surface area contributed by atoms with E-state index in [4.69, 9.17) is 5.26 Å². The van der Waals surface area contributed by atoms with Crippen molar-refractivity contribution < 1.29 is 9.53 Å². The summed E-state index contributed by atoms with van der Waals surface area (Å²) >= 11 is 0. The third kappa shape index (κ3) is 2.05. The quantitative estimate of drug-likeness (QED) is 0.680. The minimum absolute atomic E-state index is 0.131. The van der Waals surface area contributed by atoms with Gasteiger partial charge < -0.3 is 4.74 Å². The summed E-state index contributed by atoms with van der Waals surface area (Å²) < 4.78 is 5.48. The monoisotopic (exact) mass is 205 g/mol. The SMILES string of the molecule is CCOC(=O)n1c(C)[c]cc(C#N)c1=O. The van der Waals surface area contributed by atoms with Crippen LogP contribution in [0.3, 0.4) is 0 Å². The number of aryl methyl sites for hydroxylation is 1. The summed E-state index contributed by atoms with van der Waals surface area (Å²) in [6.45, 7) is 3.34. The van der Waals surface area contributed by atoms with Crippen molar-refractivity contribution in [2.45, 2.75) is 13.8 Å². The molecule has 5 heteroatoms. The Balaban J connectivity index is 3.35. The van der Waals surface area contributed by atoms with Crippen LogP contribution in [-0.2, 0) is 4.74 Å². The molecule has 1 heterocycles. The molecular formula is C10H9N2O3. The molecular weight excluding hydrogens is 196 g/mol. The maximum absolute atomic E-state index is 11.6. The lowest BCUT2D eigenvalue weighted by molar-refractivity contribution is 0.152. The van der Waals surface area contributed by atoms with Gasteiger partial charge in [-0.15, -0.1) is 0 Å². The highest BCUT2D eigenvalue weighted by Gasteiger charge is 2.13. The normalized spacial score (nSPS) is 9.40. The van der Waals surface area contributed by atoms with Crippen molar-refractivity contribution >= 4 is 6.09 Å². The van der Waals surface area contributed by atoms with Crippen molar-refractivity contribution in [1.82, 2.24) is 4.57 Å². The number of nitriles is 1. The summed E-state index contributed by atoms with van der Waals surface area (Å²) in [7, 11) is 0. The smallest absolute Gasteiger partial charge is 0.421 e. The summed E-state index contributed by atoms with van der Waals surface area (Å²) in [5.74, 6) is 0. The Labute approximate surface area is 86.5 Å². The van der Waals surface area contributed by atoms with Gasteiger partial charge in [-0.05, 0) is 19.9 Å². The number of ether oxygens (including phenoxy) is 1. The summed E-state index contributed by atoms with van der Waals surface area (Å²) in [6.07, 6.45) is -0.784. The van der Waals surface area contributed by atoms with Crippen molar-refractivity contribution in [2.75, 3.05) is 6.61 Å². The Morgan fingerprint density at radius 3 is 2.93 bits per heavy atom. The average molecular weight is 205 g/mol. The van der Waals surface area contributed by atoms with E-state index in [1.54, 1.807) is 19.9 Å². The molecule has 5 nitrogen and oxygen atoms in total. The predicted molar refractivity (Wildman–Crippen MR) is 51.4 cm³/mol. The van der Waals surface area contributed by atoms with Crippen LogP contribution in [-0.4, -0.2) is 17.3 Å². The van der Waals surface area contributed by atoms with Crippen molar-refractivity contribution in [3.63, 3.8) is 0 Å². The molecule has 0 fully saturated rings. The van der Waals surface area contributed by atoms with Gasteiger partial charge in [0.05, 0.1) is 6.61 Å². The van der Waals surface area contributed by atoms with Crippen LogP contribution in [0.2, 0.25) is 0 Å². The number of carbonyl (C=O) groups is 1. The first-order chi connectivity index (χ1) is 7.11. The highest BCUT2D eigenvalue weighted by molar-refractivity contribution is 5.71. The Kier molecular flexibility index (Phi) is 3.24. The molecule has 0 saturated carbocycles. The number of pyridine rings is 1. The fourth-order valence-corrected chi connectivity index (χ4v) is 1.06. The van der Waals surface area contributed by atoms with Crippen LogP contribution < -0.4 is 5.56 Å². The molecule has 1 radical (unpaired) electrons. The summed E-state index contributed by atoms with van der Waals surface area (Å²) in [5.41, 5.74) is -0.488. The van der Waals surface area contributed by atoms with Gasteiger partial charge in [0.25, 0.3) is 5.56 Å². The third-order valence-corrected chi connectivity index (χ3v) is 1.77. The summed E-state index contributed by atoms with van der Waals surface area (Å²) in [5, 5.41) is 8.61. The molecule has 0 saturated heterocycles. The van der Waals surface area contributed by atoms with E-state index >= 15 is 0 Å². The third-order valence-electron chi connectivity index (χ3n) is 1.77. The van der Waals surface area contributed by atoms with Gasteiger partial charge in [-0.2, -0.15) is 5.26 Å². The molecule has 1 aromatic rings. The first-order valence-corrected chi connectivity index (χ1v) is 4.33. The standard InChI is InChI=1S/C10H9N2O3/c1-3-15-10(14)12-7(2)4-5-8(6-11)9(12)13/h5H,3H2,1-2H3. The van der Waals surface area contributed by atoms with Gasteiger partial charge >= 0.3 is 6.09 Å². The van der Waals surface area contributed by atoms with Crippen LogP contribution in [0.1, 0.15) is 18.2 Å². The molecule has 0 bridgehead atoms. The topological polar surface area (TPSA) is 72.1 Å². The number of carbonyl (C=O) groups excluding carboxylic acids is 1. The van der Waals surface area contributed by atoms with Gasteiger partial charge in [0.2, 0.25) is 0 Å². The second-order valence-corrected chi connectivity index (χ2v) is 2.74. The maximum atomic E-state index is 11.6. The minimum atomic E-state index is -0.784. The van der Waals surface area contributed by atoms with E-state index in [9.17, 15) is 9.59 Å². The van der Waals surface area contributed by atoms with Crippen LogP contribution in [0.5, 0.6) is 0 Å². The lowest BCUT2D eigenvalue weighted by atomic mass is 10.2. The zero-order chi connectivity index (χ0) is 11.4. The number of hydrogen-bond acceptors (Lipinski definition) is 4. The molecule has 0 spiro atoms. The average Bonchev–Trinajstić information content (AvgIpc) is 2.18. The fraction of sp³-hybridized carbons (Fsp3) is 0.300. The zero-order valence-corrected chi connectivity index (χ0v) is 8.40. The van der Waals surface area contributed by atoms with E-state index < -0.39 is 11.7 Å². The van der Waals surface area contributed by atoms with Crippen molar-refractivity contribution in [1.29, 1.82) is 5.26 Å². The van der Waals surface area contributed by atoms with Crippen molar-refractivity contribution in [3.8, 4) is 6.07 Å². The molecule has 0 aromatic carbocycles. The van der Waals surface area contributed by atoms with E-state index in [-0.39, 0.29) is 12.2 Å². The fourth-order valence-electron chi connectivity index (χ4n) is 1.06. The molecule has 1 rings (SSSR count). The van der Waals surface area contributed by atoms with E-state index in [2.05, 4.69) is 10.8 Å². The molecule has 77 valence electrons. The molecule has 0 N–H and O–H groups in total. The van der Waals surface area contributed by atoms with Gasteiger partial charge in [-0.3, -0.25) is 4.79 Å². The number of nitrogens with zero attached hydrogens (tertiary/aromatic N) is 2. The molecule has 1 aromatic heterocycles. The lowest BCUT2D eigenvalue weighted by Gasteiger charge is -2.07. The number of hydrogen-bond donors (Lipinski definition) is 0. The van der Waals surface area contributed by atoms with Gasteiger partial charge in [-0.25, -0.2) is 9.36 Å². The Bertz CT molecular complexity index is 482. The zero-order valence-electron chi connectivity index (χ0n) is 8.40. The second-order valence-electron chi connectivity index (χ2n) is 2.74. The van der Waals surface area contributed by atoms with Gasteiger partial charge in [0.15, 0.2) is 0 Å². The summed E-state index contributed by atoms with van der Waals surface area (Å²) in [4.78, 5) is 22.9. The van der Waals surface area contributed by atoms with Crippen LogP contribution >= 0.6 is 0 Å². The molecule has 15 heavy (non-hydrogen) atoms. The van der Waals surface area contributed by atoms with E-state index in [1.165, 1.54) is 6.07 Å². The molecule has 0 aliphatic heterocycles. The largest absolute Gasteiger partial charge is 0.449 e. The highest BCUT2D eigenvalue weighted by Crippen LogP contribution is 1.97. The van der Waals surface area contributed by atoms with Crippen LogP contribution in [0.15, 0.2) is 10.9 Å². The van der Waals surface area contributed by atoms with Gasteiger partial charge in [-0.1, -0.05) is 0 Å². The minimum Gasteiger partial charge on any atom is -0.449 e. The lowest BCUT2D eigenvalue weighted by Crippen LogP contribution is -2.31. The molecule has 0 amide bonds. The molecule has 0 atom stereocenters. The number of rotatable bonds is 1. The number of aromatic nitrogens is 1. The first-order valence-electron chi connectivity index (χ1n) is 4.33. The second kappa shape index (κ2) is 4.42. The molecule has 0 aliphatic carbocycles. The summed E-state index contributed by atoms with van der Waals surface area (Å²) in [6, 6.07) is 5.58. The maximum Gasteiger partial charge on any atom is 0.421 e. The van der Waals surface area contributed by atoms with Crippen LogP contribution in [0.4, 0.5) is 4.79 Å². The Morgan fingerprint density at radius 1 is 1.73 bits per heavy atom. The Hall–Kier alpha value is -2.09. The van der Waals surface area contributed by atoms with E-state index in [0.29, 0.717) is 5.69 Å². The first kappa shape index (κ1) is 11.0. The van der Waals surface area contributed by atoms with E-state index in [1.807, 2.05) is 0 Å². The van der Waals surface area contributed by atoms with E-state index in [0.717, 1.165) is 4.57 Å². The van der Waals surface area contributed by atoms with Gasteiger partial charge in [0, 0.05) is 11.8 Å². The van der Waals surface area contributed by atoms with Crippen LogP contribution in [0, 0.1) is 24.3 Å².